The normalized spacial score (nSPS) is 15.8. The lowest BCUT2D eigenvalue weighted by molar-refractivity contribution is 0.101. The summed E-state index contributed by atoms with van der Waals surface area (Å²) in [6.07, 6.45) is 4.02. The molecule has 3 rings (SSSR count). The molecule has 1 saturated heterocycles. The van der Waals surface area contributed by atoms with E-state index in [1.807, 2.05) is 18.3 Å². The maximum absolute atomic E-state index is 12.4. The molecule has 1 aliphatic rings. The van der Waals surface area contributed by atoms with Crippen LogP contribution in [0.1, 0.15) is 29.4 Å². The number of piperidine rings is 1. The monoisotopic (exact) mass is 285 g/mol. The number of phenols is 1. The van der Waals surface area contributed by atoms with E-state index >= 15 is 0 Å². The lowest BCUT2D eigenvalue weighted by atomic mass is 10.1. The van der Waals surface area contributed by atoms with Gasteiger partial charge in [0.25, 0.3) is 5.91 Å². The Bertz CT molecular complexity index is 630. The van der Waals surface area contributed by atoms with E-state index in [0.29, 0.717) is 17.4 Å². The molecule has 0 atom stereocenters. The predicted octanol–water partition coefficient (Wildman–Crippen LogP) is 2.37. The zero-order valence-electron chi connectivity index (χ0n) is 11.7. The molecule has 2 heterocycles. The van der Waals surface area contributed by atoms with Gasteiger partial charge in [-0.05, 0) is 50.2 Å². The fraction of sp³-hybridized carbons (Fsp3) is 0.312. The highest BCUT2D eigenvalue weighted by atomic mass is 16.3. The summed E-state index contributed by atoms with van der Waals surface area (Å²) in [4.78, 5) is 12.4. The van der Waals surface area contributed by atoms with Gasteiger partial charge in [0.05, 0.1) is 0 Å². The van der Waals surface area contributed by atoms with Gasteiger partial charge in [0.15, 0.2) is 0 Å². The number of benzene rings is 1. The van der Waals surface area contributed by atoms with Gasteiger partial charge < -0.3 is 20.3 Å². The van der Waals surface area contributed by atoms with E-state index in [1.165, 1.54) is 6.07 Å². The van der Waals surface area contributed by atoms with Gasteiger partial charge in [-0.3, -0.25) is 4.79 Å². The summed E-state index contributed by atoms with van der Waals surface area (Å²) in [5.41, 5.74) is 1.25. The van der Waals surface area contributed by atoms with Crippen LogP contribution in [0.3, 0.4) is 0 Å². The van der Waals surface area contributed by atoms with Crippen molar-refractivity contribution >= 4 is 11.6 Å². The molecular formula is C16H19N3O2. The Morgan fingerprint density at radius 1 is 1.24 bits per heavy atom. The van der Waals surface area contributed by atoms with Gasteiger partial charge in [0, 0.05) is 24.0 Å². The Morgan fingerprint density at radius 2 is 2.05 bits per heavy atom. The average Bonchev–Trinajstić information content (AvgIpc) is 2.98. The minimum atomic E-state index is -0.149. The molecule has 0 saturated carbocycles. The van der Waals surface area contributed by atoms with Crippen molar-refractivity contribution in [3.63, 3.8) is 0 Å². The van der Waals surface area contributed by atoms with Crippen molar-refractivity contribution in [2.45, 2.75) is 18.9 Å². The molecule has 1 aromatic heterocycles. The number of aromatic nitrogens is 1. The minimum absolute atomic E-state index is 0.140. The third-order valence-electron chi connectivity index (χ3n) is 3.82. The Hall–Kier alpha value is -2.27. The molecular weight excluding hydrogens is 266 g/mol. The van der Waals surface area contributed by atoms with Gasteiger partial charge in [0.1, 0.15) is 11.4 Å². The zero-order valence-corrected chi connectivity index (χ0v) is 11.7. The van der Waals surface area contributed by atoms with Crippen molar-refractivity contribution in [3.8, 4) is 5.75 Å². The van der Waals surface area contributed by atoms with Gasteiger partial charge >= 0.3 is 0 Å². The van der Waals surface area contributed by atoms with E-state index in [1.54, 1.807) is 18.2 Å². The Kier molecular flexibility index (Phi) is 3.92. The number of amides is 1. The van der Waals surface area contributed by atoms with Gasteiger partial charge in [0.2, 0.25) is 0 Å². The average molecular weight is 285 g/mol. The minimum Gasteiger partial charge on any atom is -0.508 e. The van der Waals surface area contributed by atoms with E-state index in [9.17, 15) is 9.90 Å². The number of rotatable bonds is 3. The van der Waals surface area contributed by atoms with Crippen LogP contribution in [0.25, 0.3) is 0 Å². The summed E-state index contributed by atoms with van der Waals surface area (Å²) >= 11 is 0. The first-order chi connectivity index (χ1) is 10.2. The maximum Gasteiger partial charge on any atom is 0.272 e. The first-order valence-electron chi connectivity index (χ1n) is 7.22. The molecule has 5 heteroatoms. The van der Waals surface area contributed by atoms with Crippen molar-refractivity contribution < 1.29 is 9.90 Å². The molecule has 0 spiro atoms. The summed E-state index contributed by atoms with van der Waals surface area (Å²) in [5, 5.41) is 15.6. The van der Waals surface area contributed by atoms with Crippen LogP contribution in [0.15, 0.2) is 42.6 Å². The lowest BCUT2D eigenvalue weighted by Crippen LogP contribution is -2.31. The van der Waals surface area contributed by atoms with Crippen molar-refractivity contribution in [2.24, 2.45) is 0 Å². The van der Waals surface area contributed by atoms with E-state index in [-0.39, 0.29) is 11.7 Å². The molecule has 0 radical (unpaired) electrons. The molecule has 0 bridgehead atoms. The van der Waals surface area contributed by atoms with Crippen LogP contribution in [0.2, 0.25) is 0 Å². The molecule has 1 fully saturated rings. The van der Waals surface area contributed by atoms with Gasteiger partial charge in [-0.25, -0.2) is 0 Å². The van der Waals surface area contributed by atoms with Crippen LogP contribution in [-0.4, -0.2) is 28.7 Å². The van der Waals surface area contributed by atoms with Crippen LogP contribution in [0.5, 0.6) is 5.75 Å². The number of carbonyl (C=O) groups is 1. The van der Waals surface area contributed by atoms with Crippen molar-refractivity contribution in [1.29, 1.82) is 0 Å². The number of nitrogens with zero attached hydrogens (tertiary/aromatic N) is 1. The Balaban J connectivity index is 1.77. The van der Waals surface area contributed by atoms with Gasteiger partial charge in [-0.2, -0.15) is 0 Å². The second-order valence-electron chi connectivity index (χ2n) is 5.29. The standard InChI is InChI=1S/C16H19N3O2/c20-14-4-1-3-12(11-14)18-16(21)15-5-2-10-19(15)13-6-8-17-9-7-13/h1-5,10-11,13,17,20H,6-9H2,(H,18,21). The quantitative estimate of drug-likeness (QED) is 0.811. The number of anilines is 1. The molecule has 5 nitrogen and oxygen atoms in total. The molecule has 1 aliphatic heterocycles. The van der Waals surface area contributed by atoms with E-state index in [4.69, 9.17) is 0 Å². The topological polar surface area (TPSA) is 66.3 Å². The van der Waals surface area contributed by atoms with Crippen molar-refractivity contribution in [1.82, 2.24) is 9.88 Å². The number of hydrogen-bond donors (Lipinski definition) is 3. The summed E-state index contributed by atoms with van der Waals surface area (Å²) in [5.74, 6) is -0.00864. The van der Waals surface area contributed by atoms with Crippen LogP contribution in [0, 0.1) is 0 Å². The van der Waals surface area contributed by atoms with Crippen LogP contribution in [0.4, 0.5) is 5.69 Å². The highest BCUT2D eigenvalue weighted by Crippen LogP contribution is 2.22. The first kappa shape index (κ1) is 13.7. The second kappa shape index (κ2) is 6.01. The lowest BCUT2D eigenvalue weighted by Gasteiger charge is -2.25. The van der Waals surface area contributed by atoms with E-state index in [2.05, 4.69) is 15.2 Å². The molecule has 21 heavy (non-hydrogen) atoms. The van der Waals surface area contributed by atoms with Crippen molar-refractivity contribution in [3.05, 3.63) is 48.3 Å². The largest absolute Gasteiger partial charge is 0.508 e. The molecule has 2 aromatic rings. The molecule has 0 unspecified atom stereocenters. The van der Waals surface area contributed by atoms with Crippen LogP contribution in [-0.2, 0) is 0 Å². The highest BCUT2D eigenvalue weighted by Gasteiger charge is 2.19. The SMILES string of the molecule is O=C(Nc1cccc(O)c1)c1cccn1C1CCNCC1. The summed E-state index contributed by atoms with van der Waals surface area (Å²) in [6.45, 7) is 1.97. The maximum atomic E-state index is 12.4. The molecule has 3 N–H and O–H groups in total. The van der Waals surface area contributed by atoms with Gasteiger partial charge in [-0.1, -0.05) is 6.07 Å². The number of carbonyl (C=O) groups excluding carboxylic acids is 1. The van der Waals surface area contributed by atoms with Crippen LogP contribution >= 0.6 is 0 Å². The Labute approximate surface area is 123 Å². The summed E-state index contributed by atoms with van der Waals surface area (Å²) in [6, 6.07) is 10.7. The van der Waals surface area contributed by atoms with Crippen molar-refractivity contribution in [2.75, 3.05) is 18.4 Å². The number of aromatic hydroxyl groups is 1. The van der Waals surface area contributed by atoms with E-state index < -0.39 is 0 Å². The van der Waals surface area contributed by atoms with Gasteiger partial charge in [-0.15, -0.1) is 0 Å². The second-order valence-corrected chi connectivity index (χ2v) is 5.29. The molecule has 1 amide bonds. The van der Waals surface area contributed by atoms with E-state index in [0.717, 1.165) is 25.9 Å². The summed E-state index contributed by atoms with van der Waals surface area (Å²) < 4.78 is 2.05. The fourth-order valence-corrected chi connectivity index (χ4v) is 2.77. The highest BCUT2D eigenvalue weighted by molar-refractivity contribution is 6.03. The number of hydrogen-bond acceptors (Lipinski definition) is 3. The third kappa shape index (κ3) is 3.08. The molecule has 0 aliphatic carbocycles. The van der Waals surface area contributed by atoms with Crippen LogP contribution < -0.4 is 10.6 Å². The third-order valence-corrected chi connectivity index (χ3v) is 3.82. The zero-order chi connectivity index (χ0) is 14.7. The Morgan fingerprint density at radius 3 is 2.81 bits per heavy atom. The molecule has 110 valence electrons. The summed E-state index contributed by atoms with van der Waals surface area (Å²) in [7, 11) is 0. The molecule has 1 aromatic carbocycles. The number of nitrogens with one attached hydrogen (secondary N) is 2. The smallest absolute Gasteiger partial charge is 0.272 e. The fourth-order valence-electron chi connectivity index (χ4n) is 2.77. The first-order valence-corrected chi connectivity index (χ1v) is 7.22. The predicted molar refractivity (Wildman–Crippen MR) is 81.6 cm³/mol. The number of phenolic OH excluding ortho intramolecular Hbond substituents is 1.